The summed E-state index contributed by atoms with van der Waals surface area (Å²) in [7, 11) is 1.65. The van der Waals surface area contributed by atoms with E-state index in [1.807, 2.05) is 0 Å². The molecule has 2 heterocycles. The van der Waals surface area contributed by atoms with Crippen molar-refractivity contribution in [2.45, 2.75) is 19.9 Å². The van der Waals surface area contributed by atoms with Gasteiger partial charge in [0, 0.05) is 24.4 Å². The number of carbonyl (C=O) groups is 2. The Bertz CT molecular complexity index is 885. The number of ketones is 1. The van der Waals surface area contributed by atoms with Crippen LogP contribution in [0.5, 0.6) is 5.75 Å². The fourth-order valence-electron chi connectivity index (χ4n) is 2.72. The fraction of sp³-hybridized carbons (Fsp3) is 0.278. The summed E-state index contributed by atoms with van der Waals surface area (Å²) in [5.41, 5.74) is 1.38. The average molecular weight is 326 g/mol. The second-order valence-corrected chi connectivity index (χ2v) is 5.87. The number of aryl methyl sites for hydroxylation is 1. The zero-order valence-electron chi connectivity index (χ0n) is 13.8. The molecule has 1 aromatic heterocycles. The van der Waals surface area contributed by atoms with Crippen molar-refractivity contribution in [2.24, 2.45) is 0 Å². The van der Waals surface area contributed by atoms with Crippen LogP contribution in [0.3, 0.4) is 0 Å². The topological polar surface area (TPSA) is 68.6 Å². The fourth-order valence-corrected chi connectivity index (χ4v) is 2.72. The number of hydrogen-bond acceptors (Lipinski definition) is 4. The van der Waals surface area contributed by atoms with Crippen LogP contribution in [-0.4, -0.2) is 29.9 Å². The highest BCUT2D eigenvalue weighted by Gasteiger charge is 2.25. The maximum Gasteiger partial charge on any atom is 0.264 e. The lowest BCUT2D eigenvalue weighted by atomic mass is 10.0. The van der Waals surface area contributed by atoms with Crippen molar-refractivity contribution in [1.82, 2.24) is 4.57 Å². The van der Waals surface area contributed by atoms with E-state index in [1.54, 1.807) is 57.4 Å². The number of nitrogens with zero attached hydrogens (tertiary/aromatic N) is 2. The summed E-state index contributed by atoms with van der Waals surface area (Å²) in [4.78, 5) is 38.2. The molecule has 0 fully saturated rings. The van der Waals surface area contributed by atoms with Crippen LogP contribution in [0.1, 0.15) is 28.9 Å². The van der Waals surface area contributed by atoms with E-state index in [2.05, 4.69) is 0 Å². The molecule has 1 aromatic carbocycles. The number of likely N-dealkylation sites (N-methyl/N-ethyl adjacent to an activating group) is 1. The number of fused-ring (bicyclic) bond motifs is 1. The lowest BCUT2D eigenvalue weighted by Crippen LogP contribution is -2.35. The van der Waals surface area contributed by atoms with Gasteiger partial charge in [0.1, 0.15) is 5.75 Å². The van der Waals surface area contributed by atoms with Gasteiger partial charge in [0.25, 0.3) is 11.5 Å². The SMILES string of the molecule is Cc1cccn(C(C)C(=O)c2ccc3c(c2)N(C)C(=O)CO3)c1=O. The number of amides is 1. The zero-order chi connectivity index (χ0) is 17.4. The minimum Gasteiger partial charge on any atom is -0.482 e. The molecule has 124 valence electrons. The van der Waals surface area contributed by atoms with E-state index in [-0.39, 0.29) is 23.9 Å². The lowest BCUT2D eigenvalue weighted by Gasteiger charge is -2.26. The van der Waals surface area contributed by atoms with E-state index in [9.17, 15) is 14.4 Å². The van der Waals surface area contributed by atoms with E-state index in [0.717, 1.165) is 0 Å². The van der Waals surface area contributed by atoms with Gasteiger partial charge in [-0.25, -0.2) is 0 Å². The normalized spacial score (nSPS) is 14.8. The summed E-state index contributed by atoms with van der Waals surface area (Å²) in [6.45, 7) is 3.40. The van der Waals surface area contributed by atoms with E-state index < -0.39 is 6.04 Å². The number of rotatable bonds is 3. The molecule has 0 bridgehead atoms. The molecule has 0 spiro atoms. The number of aromatic nitrogens is 1. The first-order chi connectivity index (χ1) is 11.4. The second-order valence-electron chi connectivity index (χ2n) is 5.87. The largest absolute Gasteiger partial charge is 0.482 e. The van der Waals surface area contributed by atoms with Gasteiger partial charge in [-0.1, -0.05) is 6.07 Å². The molecule has 1 unspecified atom stereocenters. The van der Waals surface area contributed by atoms with E-state index >= 15 is 0 Å². The Morgan fingerprint density at radius 3 is 2.75 bits per heavy atom. The maximum atomic E-state index is 12.8. The van der Waals surface area contributed by atoms with Crippen molar-refractivity contribution in [1.29, 1.82) is 0 Å². The molecule has 1 aliphatic rings. The van der Waals surface area contributed by atoms with Crippen LogP contribution in [0.2, 0.25) is 0 Å². The smallest absolute Gasteiger partial charge is 0.264 e. The number of pyridine rings is 1. The van der Waals surface area contributed by atoms with Gasteiger partial charge in [-0.15, -0.1) is 0 Å². The predicted molar refractivity (Wildman–Crippen MR) is 89.8 cm³/mol. The molecule has 0 radical (unpaired) electrons. The third-order valence-electron chi connectivity index (χ3n) is 4.29. The average Bonchev–Trinajstić information content (AvgIpc) is 2.59. The molecular weight excluding hydrogens is 308 g/mol. The van der Waals surface area contributed by atoms with Crippen LogP contribution < -0.4 is 15.2 Å². The summed E-state index contributed by atoms with van der Waals surface area (Å²) >= 11 is 0. The molecule has 0 saturated carbocycles. The first-order valence-corrected chi connectivity index (χ1v) is 7.65. The van der Waals surface area contributed by atoms with E-state index in [1.165, 1.54) is 9.47 Å². The number of carbonyl (C=O) groups excluding carboxylic acids is 2. The first kappa shape index (κ1) is 16.0. The van der Waals surface area contributed by atoms with E-state index in [4.69, 9.17) is 4.74 Å². The number of hydrogen-bond donors (Lipinski definition) is 0. The Kier molecular flexibility index (Phi) is 3.97. The maximum absolute atomic E-state index is 12.8. The molecule has 3 rings (SSSR count). The quantitative estimate of drug-likeness (QED) is 0.809. The van der Waals surface area contributed by atoms with Crippen LogP contribution in [0.4, 0.5) is 5.69 Å². The van der Waals surface area contributed by atoms with Gasteiger partial charge < -0.3 is 14.2 Å². The summed E-state index contributed by atoms with van der Waals surface area (Å²) in [5, 5.41) is 0. The van der Waals surface area contributed by atoms with Gasteiger partial charge >= 0.3 is 0 Å². The molecule has 1 amide bonds. The van der Waals surface area contributed by atoms with Gasteiger partial charge in [-0.2, -0.15) is 0 Å². The van der Waals surface area contributed by atoms with Crippen LogP contribution >= 0.6 is 0 Å². The van der Waals surface area contributed by atoms with E-state index in [0.29, 0.717) is 22.6 Å². The molecule has 6 heteroatoms. The van der Waals surface area contributed by atoms with Crippen molar-refractivity contribution in [3.05, 3.63) is 58.0 Å². The summed E-state index contributed by atoms with van der Waals surface area (Å²) < 4.78 is 6.78. The third kappa shape index (κ3) is 2.60. The highest BCUT2D eigenvalue weighted by atomic mass is 16.5. The molecule has 0 saturated heterocycles. The Balaban J connectivity index is 1.97. The Morgan fingerprint density at radius 1 is 1.25 bits per heavy atom. The predicted octanol–water partition coefficient (Wildman–Crippen LogP) is 1.96. The highest BCUT2D eigenvalue weighted by Crippen LogP contribution is 2.32. The van der Waals surface area contributed by atoms with Gasteiger partial charge in [0.15, 0.2) is 12.4 Å². The number of Topliss-reactive ketones (excluding diaryl/α,β-unsaturated/α-hetero) is 1. The van der Waals surface area contributed by atoms with Crippen molar-refractivity contribution >= 4 is 17.4 Å². The van der Waals surface area contributed by atoms with Crippen molar-refractivity contribution in [3.8, 4) is 5.75 Å². The summed E-state index contributed by atoms with van der Waals surface area (Å²) in [6, 6.07) is 7.78. The minimum atomic E-state index is -0.638. The minimum absolute atomic E-state index is 0.00805. The van der Waals surface area contributed by atoms with Gasteiger partial charge in [-0.05, 0) is 38.1 Å². The molecular formula is C18H18N2O4. The molecule has 6 nitrogen and oxygen atoms in total. The van der Waals surface area contributed by atoms with Crippen LogP contribution in [0.25, 0.3) is 0 Å². The molecule has 1 atom stereocenters. The molecule has 24 heavy (non-hydrogen) atoms. The third-order valence-corrected chi connectivity index (χ3v) is 4.29. The highest BCUT2D eigenvalue weighted by molar-refractivity contribution is 6.03. The molecule has 1 aliphatic heterocycles. The zero-order valence-corrected chi connectivity index (χ0v) is 13.8. The molecule has 2 aromatic rings. The van der Waals surface area contributed by atoms with Gasteiger partial charge in [0.2, 0.25) is 0 Å². The lowest BCUT2D eigenvalue weighted by molar-refractivity contribution is -0.120. The first-order valence-electron chi connectivity index (χ1n) is 7.65. The Morgan fingerprint density at radius 2 is 2.00 bits per heavy atom. The molecule has 0 N–H and O–H groups in total. The Labute approximate surface area is 139 Å². The molecule has 0 aliphatic carbocycles. The standard InChI is InChI=1S/C18H18N2O4/c1-11-5-4-8-20(18(11)23)12(2)17(22)13-6-7-15-14(9-13)19(3)16(21)10-24-15/h4-9,12H,10H2,1-3H3. The van der Waals surface area contributed by atoms with Gasteiger partial charge in [0.05, 0.1) is 11.7 Å². The Hall–Kier alpha value is -2.89. The van der Waals surface area contributed by atoms with Crippen LogP contribution in [0.15, 0.2) is 41.3 Å². The van der Waals surface area contributed by atoms with Gasteiger partial charge in [-0.3, -0.25) is 14.4 Å². The van der Waals surface area contributed by atoms with Crippen LogP contribution in [-0.2, 0) is 4.79 Å². The number of ether oxygens (including phenoxy) is 1. The van der Waals surface area contributed by atoms with Crippen molar-refractivity contribution in [2.75, 3.05) is 18.6 Å². The summed E-state index contributed by atoms with van der Waals surface area (Å²) in [5.74, 6) is 0.195. The second kappa shape index (κ2) is 5.96. The number of benzene rings is 1. The van der Waals surface area contributed by atoms with Crippen molar-refractivity contribution < 1.29 is 14.3 Å². The van der Waals surface area contributed by atoms with Crippen molar-refractivity contribution in [3.63, 3.8) is 0 Å². The number of anilines is 1. The monoisotopic (exact) mass is 326 g/mol. The van der Waals surface area contributed by atoms with Crippen LogP contribution in [0, 0.1) is 6.92 Å². The summed E-state index contributed by atoms with van der Waals surface area (Å²) in [6.07, 6.45) is 1.61.